The molecule has 1 amide bonds. The molecule has 0 aromatic rings. The van der Waals surface area contributed by atoms with Crippen LogP contribution >= 0.6 is 0 Å². The number of aliphatic hydroxyl groups excluding tert-OH is 1. The van der Waals surface area contributed by atoms with Gasteiger partial charge in [-0.05, 0) is 19.3 Å². The topological polar surface area (TPSA) is 64.0 Å². The number of rotatable bonds is 5. The van der Waals surface area contributed by atoms with Crippen molar-refractivity contribution in [1.82, 2.24) is 9.80 Å². The molecule has 1 saturated heterocycles. The van der Waals surface area contributed by atoms with Crippen LogP contribution in [0.3, 0.4) is 0 Å². The highest BCUT2D eigenvalue weighted by Crippen LogP contribution is 2.32. The van der Waals surface area contributed by atoms with Crippen LogP contribution in [-0.4, -0.2) is 70.3 Å². The number of piperazine rings is 1. The zero-order valence-electron chi connectivity index (χ0n) is 12.6. The van der Waals surface area contributed by atoms with Crippen LogP contribution < -0.4 is 0 Å². The number of hydrogen-bond donors (Lipinski definition) is 2. The molecular formula is C15H28N2O3. The summed E-state index contributed by atoms with van der Waals surface area (Å²) in [5.41, 5.74) is -0.745. The van der Waals surface area contributed by atoms with E-state index in [-0.39, 0.29) is 25.0 Å². The number of amides is 1. The van der Waals surface area contributed by atoms with E-state index in [1.54, 1.807) is 0 Å². The molecule has 2 N–H and O–H groups in total. The molecule has 1 saturated carbocycles. The molecule has 0 radical (unpaired) electrons. The molecule has 1 aliphatic heterocycles. The first-order valence-electron chi connectivity index (χ1n) is 7.93. The number of carbonyl (C=O) groups is 1. The maximum absolute atomic E-state index is 12.3. The summed E-state index contributed by atoms with van der Waals surface area (Å²) in [6.07, 6.45) is 4.81. The van der Waals surface area contributed by atoms with Gasteiger partial charge < -0.3 is 15.1 Å². The Labute approximate surface area is 121 Å². The van der Waals surface area contributed by atoms with Crippen LogP contribution in [0.4, 0.5) is 0 Å². The SMILES string of the molecule is CCC(CO)N1CCN(C(=O)CC2(O)CCCC2)CC1. The molecule has 0 spiro atoms. The highest BCUT2D eigenvalue weighted by Gasteiger charge is 2.35. The Kier molecular flexibility index (Phi) is 5.41. The quantitative estimate of drug-likeness (QED) is 0.776. The molecule has 2 fully saturated rings. The van der Waals surface area contributed by atoms with Gasteiger partial charge >= 0.3 is 0 Å². The summed E-state index contributed by atoms with van der Waals surface area (Å²) in [6.45, 7) is 5.33. The van der Waals surface area contributed by atoms with Crippen molar-refractivity contribution in [3.8, 4) is 0 Å². The van der Waals surface area contributed by atoms with E-state index in [2.05, 4.69) is 11.8 Å². The van der Waals surface area contributed by atoms with Crippen LogP contribution in [0, 0.1) is 0 Å². The van der Waals surface area contributed by atoms with Crippen LogP contribution in [0.2, 0.25) is 0 Å². The van der Waals surface area contributed by atoms with Gasteiger partial charge in [-0.2, -0.15) is 0 Å². The Hall–Kier alpha value is -0.650. The molecule has 116 valence electrons. The molecular weight excluding hydrogens is 256 g/mol. The summed E-state index contributed by atoms with van der Waals surface area (Å²) in [4.78, 5) is 16.4. The van der Waals surface area contributed by atoms with Crippen molar-refractivity contribution < 1.29 is 15.0 Å². The van der Waals surface area contributed by atoms with Crippen LogP contribution in [0.1, 0.15) is 45.4 Å². The molecule has 2 aliphatic rings. The predicted octanol–water partition coefficient (Wildman–Crippen LogP) is 0.597. The molecule has 0 aromatic carbocycles. The standard InChI is InChI=1S/C15H28N2O3/c1-2-13(12-18)16-7-9-17(10-8-16)14(19)11-15(20)5-3-4-6-15/h13,18,20H,2-12H2,1H3. The van der Waals surface area contributed by atoms with Gasteiger partial charge in [0.1, 0.15) is 0 Å². The zero-order chi connectivity index (χ0) is 14.6. The van der Waals surface area contributed by atoms with Gasteiger partial charge in [0, 0.05) is 32.2 Å². The van der Waals surface area contributed by atoms with Gasteiger partial charge in [-0.1, -0.05) is 19.8 Å². The summed E-state index contributed by atoms with van der Waals surface area (Å²) in [7, 11) is 0. The maximum Gasteiger partial charge on any atom is 0.225 e. The minimum absolute atomic E-state index is 0.0890. The van der Waals surface area contributed by atoms with E-state index in [9.17, 15) is 15.0 Å². The fourth-order valence-electron chi connectivity index (χ4n) is 3.44. The summed E-state index contributed by atoms with van der Waals surface area (Å²) >= 11 is 0. The summed E-state index contributed by atoms with van der Waals surface area (Å²) < 4.78 is 0. The Morgan fingerprint density at radius 3 is 2.30 bits per heavy atom. The Morgan fingerprint density at radius 1 is 1.20 bits per heavy atom. The largest absolute Gasteiger partial charge is 0.395 e. The Balaban J connectivity index is 1.79. The molecule has 2 rings (SSSR count). The average Bonchev–Trinajstić information content (AvgIpc) is 2.87. The van der Waals surface area contributed by atoms with Gasteiger partial charge in [-0.25, -0.2) is 0 Å². The monoisotopic (exact) mass is 284 g/mol. The molecule has 1 atom stereocenters. The number of carbonyl (C=O) groups excluding carboxylic acids is 1. The lowest BCUT2D eigenvalue weighted by atomic mass is 9.97. The van der Waals surface area contributed by atoms with Gasteiger partial charge in [0.2, 0.25) is 5.91 Å². The van der Waals surface area contributed by atoms with Crippen LogP contribution in [0.25, 0.3) is 0 Å². The van der Waals surface area contributed by atoms with Gasteiger partial charge in [-0.15, -0.1) is 0 Å². The van der Waals surface area contributed by atoms with E-state index in [4.69, 9.17) is 0 Å². The van der Waals surface area contributed by atoms with Crippen molar-refractivity contribution >= 4 is 5.91 Å². The van der Waals surface area contributed by atoms with E-state index in [1.165, 1.54) is 0 Å². The third-order valence-corrected chi connectivity index (χ3v) is 4.88. The lowest BCUT2D eigenvalue weighted by Crippen LogP contribution is -2.53. The normalized spacial score (nSPS) is 24.9. The van der Waals surface area contributed by atoms with Crippen molar-refractivity contribution in [2.45, 2.75) is 57.1 Å². The van der Waals surface area contributed by atoms with Crippen molar-refractivity contribution in [2.24, 2.45) is 0 Å². The third kappa shape index (κ3) is 3.71. The Morgan fingerprint density at radius 2 is 1.80 bits per heavy atom. The summed E-state index contributed by atoms with van der Waals surface area (Å²) in [5, 5.41) is 19.6. The third-order valence-electron chi connectivity index (χ3n) is 4.88. The lowest BCUT2D eigenvalue weighted by Gasteiger charge is -2.39. The number of aliphatic hydroxyl groups is 2. The molecule has 0 bridgehead atoms. The smallest absolute Gasteiger partial charge is 0.225 e. The van der Waals surface area contributed by atoms with E-state index in [1.807, 2.05) is 4.90 Å². The first-order valence-corrected chi connectivity index (χ1v) is 7.93. The second-order valence-electron chi connectivity index (χ2n) is 6.27. The average molecular weight is 284 g/mol. The first kappa shape index (κ1) is 15.7. The fourth-order valence-corrected chi connectivity index (χ4v) is 3.44. The van der Waals surface area contributed by atoms with E-state index in [0.717, 1.165) is 45.2 Å². The van der Waals surface area contributed by atoms with Gasteiger partial charge in [-0.3, -0.25) is 9.69 Å². The van der Waals surface area contributed by atoms with E-state index < -0.39 is 5.60 Å². The minimum atomic E-state index is -0.745. The van der Waals surface area contributed by atoms with Gasteiger partial charge in [0.15, 0.2) is 0 Å². The van der Waals surface area contributed by atoms with Crippen molar-refractivity contribution in [2.75, 3.05) is 32.8 Å². The molecule has 5 nitrogen and oxygen atoms in total. The van der Waals surface area contributed by atoms with E-state index >= 15 is 0 Å². The molecule has 5 heteroatoms. The lowest BCUT2D eigenvalue weighted by molar-refractivity contribution is -0.138. The van der Waals surface area contributed by atoms with E-state index in [0.29, 0.717) is 13.1 Å². The molecule has 20 heavy (non-hydrogen) atoms. The second kappa shape index (κ2) is 6.87. The first-order chi connectivity index (χ1) is 9.58. The number of hydrogen-bond acceptors (Lipinski definition) is 4. The highest BCUT2D eigenvalue weighted by molar-refractivity contribution is 5.77. The Bertz CT molecular complexity index is 317. The van der Waals surface area contributed by atoms with Crippen molar-refractivity contribution in [1.29, 1.82) is 0 Å². The van der Waals surface area contributed by atoms with Gasteiger partial charge in [0.05, 0.1) is 18.6 Å². The minimum Gasteiger partial charge on any atom is -0.395 e. The van der Waals surface area contributed by atoms with Gasteiger partial charge in [0.25, 0.3) is 0 Å². The fraction of sp³-hybridized carbons (Fsp3) is 0.933. The highest BCUT2D eigenvalue weighted by atomic mass is 16.3. The maximum atomic E-state index is 12.3. The predicted molar refractivity (Wildman–Crippen MR) is 77.4 cm³/mol. The molecule has 1 unspecified atom stereocenters. The van der Waals surface area contributed by atoms with Crippen LogP contribution in [0.5, 0.6) is 0 Å². The summed E-state index contributed by atoms with van der Waals surface area (Å²) in [5.74, 6) is 0.0890. The van der Waals surface area contributed by atoms with Crippen molar-refractivity contribution in [3.63, 3.8) is 0 Å². The second-order valence-corrected chi connectivity index (χ2v) is 6.27. The van der Waals surface area contributed by atoms with Crippen LogP contribution in [0.15, 0.2) is 0 Å². The number of nitrogens with zero attached hydrogens (tertiary/aromatic N) is 2. The molecule has 1 heterocycles. The summed E-state index contributed by atoms with van der Waals surface area (Å²) in [6, 6.07) is 0.214. The van der Waals surface area contributed by atoms with Crippen LogP contribution in [-0.2, 0) is 4.79 Å². The molecule has 0 aromatic heterocycles. The van der Waals surface area contributed by atoms with Crippen molar-refractivity contribution in [3.05, 3.63) is 0 Å². The zero-order valence-corrected chi connectivity index (χ0v) is 12.6. The molecule has 1 aliphatic carbocycles.